The number of fused-ring (bicyclic) bond motifs is 1. The van der Waals surface area contributed by atoms with E-state index in [1.807, 2.05) is 24.3 Å². The van der Waals surface area contributed by atoms with Crippen molar-refractivity contribution >= 4 is 40.1 Å². The molecule has 1 aliphatic rings. The number of carbonyl (C=O) groups excluding carboxylic acids is 2. The van der Waals surface area contributed by atoms with Gasteiger partial charge < -0.3 is 19.9 Å². The number of thiophene rings is 1. The minimum absolute atomic E-state index is 0.128. The van der Waals surface area contributed by atoms with Crippen molar-refractivity contribution in [3.8, 4) is 6.07 Å². The first-order valence-electron chi connectivity index (χ1n) is 12.5. The number of nitrogens with zero attached hydrogens (tertiary/aromatic N) is 4. The van der Waals surface area contributed by atoms with E-state index in [9.17, 15) is 23.5 Å². The first-order chi connectivity index (χ1) is 18.5. The predicted molar refractivity (Wildman–Crippen MR) is 144 cm³/mol. The Morgan fingerprint density at radius 2 is 2.10 bits per heavy atom. The second kappa shape index (κ2) is 11.6. The molecule has 0 unspecified atom stereocenters. The molecule has 2 aromatic heterocycles. The fraction of sp³-hybridized carbons (Fsp3) is 0.407. The largest absolute Gasteiger partial charge is 0.389 e. The molecule has 3 heterocycles. The molecule has 1 saturated heterocycles. The van der Waals surface area contributed by atoms with Crippen LogP contribution in [0.25, 0.3) is 11.0 Å². The molecule has 3 N–H and O–H groups in total. The van der Waals surface area contributed by atoms with E-state index in [0.717, 1.165) is 17.5 Å². The number of nitrogens with one attached hydrogen (secondary N) is 2. The van der Waals surface area contributed by atoms with Gasteiger partial charge in [-0.05, 0) is 56.5 Å². The molecule has 206 valence electrons. The van der Waals surface area contributed by atoms with Crippen LogP contribution in [0.15, 0.2) is 42.5 Å². The Balaban J connectivity index is 1.65. The number of hydrogen-bond acceptors (Lipinski definition) is 7. The molecule has 0 spiro atoms. The average Bonchev–Trinajstić information content (AvgIpc) is 3.62. The summed E-state index contributed by atoms with van der Waals surface area (Å²) >= 11 is 0.716. The topological polar surface area (TPSA) is 123 Å². The molecule has 3 aromatic rings. The van der Waals surface area contributed by atoms with Gasteiger partial charge in [0, 0.05) is 26.2 Å². The number of imidazole rings is 1. The number of nitriles is 1. The summed E-state index contributed by atoms with van der Waals surface area (Å²) < 4.78 is 27.9. The zero-order valence-electron chi connectivity index (χ0n) is 21.7. The minimum Gasteiger partial charge on any atom is -0.389 e. The zero-order valence-corrected chi connectivity index (χ0v) is 22.5. The van der Waals surface area contributed by atoms with Crippen LogP contribution in [0.1, 0.15) is 53.2 Å². The van der Waals surface area contributed by atoms with Crippen LogP contribution in [0.2, 0.25) is 0 Å². The third-order valence-corrected chi connectivity index (χ3v) is 7.51. The molecular formula is C27H30F2N6O3S. The molecular weight excluding hydrogens is 526 g/mol. The summed E-state index contributed by atoms with van der Waals surface area (Å²) in [6, 6.07) is 9.79. The summed E-state index contributed by atoms with van der Waals surface area (Å²) in [5.41, 5.74) is 1.23. The number of aromatic nitrogens is 2. The Morgan fingerprint density at radius 1 is 1.33 bits per heavy atom. The van der Waals surface area contributed by atoms with E-state index in [1.165, 1.54) is 12.1 Å². The van der Waals surface area contributed by atoms with Gasteiger partial charge in [0.05, 0.1) is 32.4 Å². The number of carbonyl (C=O) groups is 2. The van der Waals surface area contributed by atoms with Gasteiger partial charge in [-0.25, -0.2) is 13.8 Å². The zero-order chi connectivity index (χ0) is 28.3. The lowest BCUT2D eigenvalue weighted by atomic mass is 10.1. The third kappa shape index (κ3) is 6.68. The van der Waals surface area contributed by atoms with Gasteiger partial charge in [-0.3, -0.25) is 14.9 Å². The van der Waals surface area contributed by atoms with E-state index in [2.05, 4.69) is 22.2 Å². The lowest BCUT2D eigenvalue weighted by molar-refractivity contribution is -0.127. The van der Waals surface area contributed by atoms with Gasteiger partial charge in [0.15, 0.2) is 0 Å². The van der Waals surface area contributed by atoms with E-state index in [0.29, 0.717) is 49.5 Å². The highest BCUT2D eigenvalue weighted by Crippen LogP contribution is 2.29. The lowest BCUT2D eigenvalue weighted by Crippen LogP contribution is -2.38. The Labute approximate surface area is 228 Å². The molecule has 12 heteroatoms. The van der Waals surface area contributed by atoms with Gasteiger partial charge in [0.1, 0.15) is 11.6 Å². The van der Waals surface area contributed by atoms with Crippen molar-refractivity contribution in [2.75, 3.05) is 18.4 Å². The van der Waals surface area contributed by atoms with Crippen LogP contribution in [-0.4, -0.2) is 56.1 Å². The first kappa shape index (κ1) is 28.4. The van der Waals surface area contributed by atoms with Crippen LogP contribution in [0, 0.1) is 11.3 Å². The van der Waals surface area contributed by atoms with Crippen molar-refractivity contribution in [1.29, 1.82) is 5.26 Å². The summed E-state index contributed by atoms with van der Waals surface area (Å²) in [5.74, 6) is -0.761. The predicted octanol–water partition coefficient (Wildman–Crippen LogP) is 4.22. The number of aliphatic hydroxyl groups is 1. The van der Waals surface area contributed by atoms with Crippen molar-refractivity contribution in [1.82, 2.24) is 19.8 Å². The maximum Gasteiger partial charge on any atom is 0.272 e. The molecule has 1 fully saturated rings. The summed E-state index contributed by atoms with van der Waals surface area (Å²) in [6.45, 7) is 8.64. The van der Waals surface area contributed by atoms with Gasteiger partial charge in [0.2, 0.25) is 5.95 Å². The normalized spacial score (nSPS) is 15.6. The fourth-order valence-corrected chi connectivity index (χ4v) is 5.32. The highest BCUT2D eigenvalue weighted by Gasteiger charge is 2.31. The second-order valence-electron chi connectivity index (χ2n) is 10.1. The van der Waals surface area contributed by atoms with Crippen molar-refractivity contribution in [3.63, 3.8) is 0 Å². The van der Waals surface area contributed by atoms with Crippen LogP contribution in [0.3, 0.4) is 0 Å². The number of benzene rings is 1. The standard InChI is InChI=1S/C27H30F2N6O3S/c1-16(12-30)25(37)34-10-4-5-18(34)14-35-20-7-6-17(13-31-15-27(2,3)38)11-19(20)32-26(35)33-24(36)22-9-8-21(39-22)23(28)29/h6-9,11,18,23,31,38H,1,4-5,10,13-15H2,2-3H3,(H,32,33,36)/t18-/m1/s1. The van der Waals surface area contributed by atoms with E-state index < -0.39 is 23.8 Å². The van der Waals surface area contributed by atoms with E-state index in [1.54, 1.807) is 23.3 Å². The minimum atomic E-state index is -2.67. The molecule has 4 rings (SSSR count). The molecule has 0 aliphatic carbocycles. The number of alkyl halides is 2. The van der Waals surface area contributed by atoms with Crippen LogP contribution in [-0.2, 0) is 17.9 Å². The smallest absolute Gasteiger partial charge is 0.272 e. The van der Waals surface area contributed by atoms with Crippen LogP contribution >= 0.6 is 11.3 Å². The van der Waals surface area contributed by atoms with Crippen molar-refractivity contribution in [2.45, 2.75) is 57.8 Å². The van der Waals surface area contributed by atoms with E-state index >= 15 is 0 Å². The molecule has 1 aliphatic heterocycles. The molecule has 2 amide bonds. The Kier molecular flexibility index (Phi) is 8.44. The number of likely N-dealkylation sites (tertiary alicyclic amines) is 1. The molecule has 1 atom stereocenters. The monoisotopic (exact) mass is 556 g/mol. The second-order valence-corrected chi connectivity index (χ2v) is 11.2. The fourth-order valence-electron chi connectivity index (χ4n) is 4.56. The third-order valence-electron chi connectivity index (χ3n) is 6.41. The van der Waals surface area contributed by atoms with E-state index in [4.69, 9.17) is 5.26 Å². The number of amides is 2. The maximum atomic E-state index is 13.1. The SMILES string of the molecule is C=C(C#N)C(=O)N1CCC[C@@H]1Cn1c(NC(=O)c2ccc(C(F)F)s2)nc2cc(CNCC(C)(C)O)ccc21. The summed E-state index contributed by atoms with van der Waals surface area (Å²) in [4.78, 5) is 31.9. The number of halogens is 2. The van der Waals surface area contributed by atoms with Gasteiger partial charge in [-0.2, -0.15) is 5.26 Å². The van der Waals surface area contributed by atoms with Crippen LogP contribution in [0.4, 0.5) is 14.7 Å². The lowest BCUT2D eigenvalue weighted by Gasteiger charge is -2.25. The Hall–Kier alpha value is -3.66. The molecule has 0 bridgehead atoms. The molecule has 9 nitrogen and oxygen atoms in total. The highest BCUT2D eigenvalue weighted by atomic mass is 32.1. The van der Waals surface area contributed by atoms with Gasteiger partial charge in [0.25, 0.3) is 18.2 Å². The summed E-state index contributed by atoms with van der Waals surface area (Å²) in [5, 5.41) is 25.0. The summed E-state index contributed by atoms with van der Waals surface area (Å²) in [6.07, 6.45) is -1.22. The highest BCUT2D eigenvalue weighted by molar-refractivity contribution is 7.14. The van der Waals surface area contributed by atoms with Gasteiger partial charge in [-0.15, -0.1) is 11.3 Å². The number of hydrogen-bond donors (Lipinski definition) is 3. The van der Waals surface area contributed by atoms with Crippen LogP contribution in [0.5, 0.6) is 0 Å². The number of rotatable bonds is 10. The Bertz CT molecular complexity index is 1440. The van der Waals surface area contributed by atoms with Crippen molar-refractivity contribution in [2.24, 2.45) is 0 Å². The first-order valence-corrected chi connectivity index (χ1v) is 13.3. The van der Waals surface area contributed by atoms with E-state index in [-0.39, 0.29) is 27.3 Å². The quantitative estimate of drug-likeness (QED) is 0.254. The van der Waals surface area contributed by atoms with Crippen molar-refractivity contribution < 1.29 is 23.5 Å². The molecule has 39 heavy (non-hydrogen) atoms. The Morgan fingerprint density at radius 3 is 2.77 bits per heavy atom. The van der Waals surface area contributed by atoms with Gasteiger partial charge >= 0.3 is 0 Å². The van der Waals surface area contributed by atoms with Crippen LogP contribution < -0.4 is 10.6 Å². The maximum absolute atomic E-state index is 13.1. The number of anilines is 1. The molecule has 0 saturated carbocycles. The molecule has 1 aromatic carbocycles. The van der Waals surface area contributed by atoms with Crippen molar-refractivity contribution in [3.05, 3.63) is 57.8 Å². The van der Waals surface area contributed by atoms with Gasteiger partial charge in [-0.1, -0.05) is 12.6 Å². The average molecular weight is 557 g/mol. The molecule has 0 radical (unpaired) electrons. The summed E-state index contributed by atoms with van der Waals surface area (Å²) in [7, 11) is 0.